The van der Waals surface area contributed by atoms with E-state index >= 15 is 0 Å². The first-order chi connectivity index (χ1) is 9.16. The zero-order valence-corrected chi connectivity index (χ0v) is 11.2. The van der Waals surface area contributed by atoms with Crippen LogP contribution in [-0.2, 0) is 4.79 Å². The highest BCUT2D eigenvalue weighted by atomic mass is 35.5. The van der Waals surface area contributed by atoms with Crippen molar-refractivity contribution in [2.24, 2.45) is 0 Å². The molecule has 1 rings (SSSR count). The molecule has 0 aliphatic rings. The molecular weight excluding hydrogens is 295 g/mol. The van der Waals surface area contributed by atoms with Gasteiger partial charge in [-0.15, -0.1) is 0 Å². The van der Waals surface area contributed by atoms with E-state index in [2.05, 4.69) is 0 Å². The number of amides is 1. The summed E-state index contributed by atoms with van der Waals surface area (Å²) < 4.78 is 13.5. The summed E-state index contributed by atoms with van der Waals surface area (Å²) in [5.41, 5.74) is -1.20. The summed E-state index contributed by atoms with van der Waals surface area (Å²) in [6.45, 7) is 1.26. The van der Waals surface area contributed by atoms with Gasteiger partial charge in [0.2, 0.25) is 5.82 Å². The lowest BCUT2D eigenvalue weighted by Crippen LogP contribution is -2.40. The lowest BCUT2D eigenvalue weighted by Gasteiger charge is -2.21. The van der Waals surface area contributed by atoms with E-state index in [0.29, 0.717) is 12.1 Å². The maximum atomic E-state index is 13.5. The number of benzene rings is 1. The average Bonchev–Trinajstić information content (AvgIpc) is 2.37. The lowest BCUT2D eigenvalue weighted by molar-refractivity contribution is -0.387. The average molecular weight is 305 g/mol. The number of rotatable bonds is 4. The highest BCUT2D eigenvalue weighted by Crippen LogP contribution is 2.27. The van der Waals surface area contributed by atoms with Gasteiger partial charge in [0, 0.05) is 13.1 Å². The van der Waals surface area contributed by atoms with Gasteiger partial charge in [-0.1, -0.05) is 11.6 Å². The first-order valence-corrected chi connectivity index (χ1v) is 5.68. The minimum absolute atomic E-state index is 0.326. The maximum absolute atomic E-state index is 13.5. The molecule has 0 saturated heterocycles. The third-order valence-corrected chi connectivity index (χ3v) is 3.03. The number of carbonyl (C=O) groups is 2. The van der Waals surface area contributed by atoms with E-state index in [-0.39, 0.29) is 10.6 Å². The number of carbonyl (C=O) groups excluding carboxylic acids is 1. The molecule has 7 nitrogen and oxygen atoms in total. The number of carboxylic acid groups (broad SMARTS) is 1. The minimum Gasteiger partial charge on any atom is -0.480 e. The first kappa shape index (κ1) is 15.8. The molecule has 1 aromatic rings. The number of nitro benzene ring substituents is 1. The van der Waals surface area contributed by atoms with Gasteiger partial charge < -0.3 is 10.0 Å². The van der Waals surface area contributed by atoms with E-state index < -0.39 is 34.3 Å². The van der Waals surface area contributed by atoms with Crippen LogP contribution in [0.25, 0.3) is 0 Å². The second-order valence-electron chi connectivity index (χ2n) is 3.97. The molecule has 0 fully saturated rings. The molecule has 0 unspecified atom stereocenters. The van der Waals surface area contributed by atoms with Crippen molar-refractivity contribution in [3.63, 3.8) is 0 Å². The van der Waals surface area contributed by atoms with Gasteiger partial charge >= 0.3 is 11.7 Å². The topological polar surface area (TPSA) is 101 Å². The summed E-state index contributed by atoms with van der Waals surface area (Å²) in [6, 6.07) is 0.175. The van der Waals surface area contributed by atoms with Crippen molar-refractivity contribution in [3.05, 3.63) is 38.7 Å². The zero-order chi connectivity index (χ0) is 15.6. The van der Waals surface area contributed by atoms with Crippen LogP contribution in [0.5, 0.6) is 0 Å². The SMILES string of the molecule is C[C@@H](C(=O)O)N(C)C(=O)c1cc(F)c([N+](=O)[O-])cc1Cl. The molecule has 0 aromatic heterocycles. The van der Waals surface area contributed by atoms with Crippen molar-refractivity contribution in [1.82, 2.24) is 4.90 Å². The summed E-state index contributed by atoms with van der Waals surface area (Å²) in [6.07, 6.45) is 0. The van der Waals surface area contributed by atoms with Gasteiger partial charge in [0.1, 0.15) is 6.04 Å². The van der Waals surface area contributed by atoms with Gasteiger partial charge in [-0.3, -0.25) is 14.9 Å². The number of likely N-dealkylation sites (N-methyl/N-ethyl adjacent to an activating group) is 1. The van der Waals surface area contributed by atoms with Crippen molar-refractivity contribution in [1.29, 1.82) is 0 Å². The van der Waals surface area contributed by atoms with Crippen LogP contribution in [0.3, 0.4) is 0 Å². The van der Waals surface area contributed by atoms with Crippen molar-refractivity contribution < 1.29 is 24.0 Å². The number of hydrogen-bond acceptors (Lipinski definition) is 4. The first-order valence-electron chi connectivity index (χ1n) is 5.30. The number of hydrogen-bond donors (Lipinski definition) is 1. The zero-order valence-electron chi connectivity index (χ0n) is 10.5. The van der Waals surface area contributed by atoms with Crippen LogP contribution in [0.2, 0.25) is 5.02 Å². The van der Waals surface area contributed by atoms with Crippen LogP contribution in [0.4, 0.5) is 10.1 Å². The summed E-state index contributed by atoms with van der Waals surface area (Å²) in [4.78, 5) is 33.2. The maximum Gasteiger partial charge on any atom is 0.326 e. The Hall–Kier alpha value is -2.22. The fraction of sp³-hybridized carbons (Fsp3) is 0.273. The van der Waals surface area contributed by atoms with E-state index in [1.807, 2.05) is 0 Å². The van der Waals surface area contributed by atoms with Gasteiger partial charge in [0.15, 0.2) is 0 Å². The summed E-state index contributed by atoms with van der Waals surface area (Å²) in [5, 5.41) is 19.0. The van der Waals surface area contributed by atoms with Crippen LogP contribution in [0, 0.1) is 15.9 Å². The largest absolute Gasteiger partial charge is 0.480 e. The van der Waals surface area contributed by atoms with Gasteiger partial charge in [-0.25, -0.2) is 4.79 Å². The van der Waals surface area contributed by atoms with Crippen LogP contribution in [-0.4, -0.2) is 39.9 Å². The monoisotopic (exact) mass is 304 g/mol. The molecular formula is C11H10ClFN2O5. The highest BCUT2D eigenvalue weighted by molar-refractivity contribution is 6.34. The minimum atomic E-state index is -1.25. The Labute approximate surface area is 117 Å². The molecule has 20 heavy (non-hydrogen) atoms. The van der Waals surface area contributed by atoms with E-state index in [1.54, 1.807) is 0 Å². The van der Waals surface area contributed by atoms with Gasteiger partial charge in [0.25, 0.3) is 5.91 Å². The molecule has 0 heterocycles. The smallest absolute Gasteiger partial charge is 0.326 e. The normalized spacial score (nSPS) is 11.8. The molecule has 0 bridgehead atoms. The Morgan fingerprint density at radius 3 is 2.50 bits per heavy atom. The lowest BCUT2D eigenvalue weighted by atomic mass is 10.1. The van der Waals surface area contributed by atoms with Crippen LogP contribution < -0.4 is 0 Å². The fourth-order valence-electron chi connectivity index (χ4n) is 1.37. The van der Waals surface area contributed by atoms with E-state index in [0.717, 1.165) is 4.90 Å². The quantitative estimate of drug-likeness (QED) is 0.676. The molecule has 1 N–H and O–H groups in total. The third-order valence-electron chi connectivity index (χ3n) is 2.72. The Morgan fingerprint density at radius 1 is 1.50 bits per heavy atom. The van der Waals surface area contributed by atoms with Crippen molar-refractivity contribution in [2.75, 3.05) is 7.05 Å². The molecule has 0 aliphatic carbocycles. The number of aliphatic carboxylic acids is 1. The number of carboxylic acids is 1. The fourth-order valence-corrected chi connectivity index (χ4v) is 1.61. The Kier molecular flexibility index (Phi) is 4.61. The van der Waals surface area contributed by atoms with Crippen molar-refractivity contribution >= 4 is 29.2 Å². The van der Waals surface area contributed by atoms with Crippen LogP contribution >= 0.6 is 11.6 Å². The van der Waals surface area contributed by atoms with Crippen molar-refractivity contribution in [2.45, 2.75) is 13.0 Å². The third kappa shape index (κ3) is 3.02. The molecule has 1 aromatic carbocycles. The molecule has 9 heteroatoms. The van der Waals surface area contributed by atoms with Crippen LogP contribution in [0.15, 0.2) is 12.1 Å². The van der Waals surface area contributed by atoms with E-state index in [1.165, 1.54) is 14.0 Å². The molecule has 1 amide bonds. The van der Waals surface area contributed by atoms with E-state index in [4.69, 9.17) is 16.7 Å². The summed E-state index contributed by atoms with van der Waals surface area (Å²) >= 11 is 5.70. The molecule has 1 atom stereocenters. The predicted octanol–water partition coefficient (Wildman–Crippen LogP) is 1.93. The Morgan fingerprint density at radius 2 is 2.05 bits per heavy atom. The van der Waals surface area contributed by atoms with Gasteiger partial charge in [-0.2, -0.15) is 4.39 Å². The second-order valence-corrected chi connectivity index (χ2v) is 4.38. The highest BCUT2D eigenvalue weighted by Gasteiger charge is 2.27. The second kappa shape index (κ2) is 5.83. The Bertz CT molecular complexity index is 592. The molecule has 108 valence electrons. The number of nitro groups is 1. The standard InChI is InChI=1S/C11H10ClFN2O5/c1-5(11(17)18)14(2)10(16)6-3-8(13)9(15(19)20)4-7(6)12/h3-5H,1-2H3,(H,17,18)/t5-/m0/s1. The predicted molar refractivity (Wildman–Crippen MR) is 67.3 cm³/mol. The summed E-state index contributed by atoms with van der Waals surface area (Å²) in [5.74, 6) is -3.32. The molecule has 0 aliphatic heterocycles. The number of halogens is 2. The van der Waals surface area contributed by atoms with Crippen LogP contribution in [0.1, 0.15) is 17.3 Å². The number of nitrogens with zero attached hydrogens (tertiary/aromatic N) is 2. The molecule has 0 radical (unpaired) electrons. The molecule has 0 saturated carbocycles. The molecule has 0 spiro atoms. The van der Waals surface area contributed by atoms with Gasteiger partial charge in [0.05, 0.1) is 15.5 Å². The summed E-state index contributed by atoms with van der Waals surface area (Å²) in [7, 11) is 1.21. The Balaban J connectivity index is 3.21. The van der Waals surface area contributed by atoms with Gasteiger partial charge in [-0.05, 0) is 13.0 Å². The van der Waals surface area contributed by atoms with E-state index in [9.17, 15) is 24.1 Å². The van der Waals surface area contributed by atoms with Crippen molar-refractivity contribution in [3.8, 4) is 0 Å².